The van der Waals surface area contributed by atoms with E-state index in [4.69, 9.17) is 4.74 Å². The molecule has 1 aliphatic rings. The molecule has 1 fully saturated rings. The van der Waals surface area contributed by atoms with Crippen molar-refractivity contribution in [3.05, 3.63) is 28.5 Å². The van der Waals surface area contributed by atoms with Crippen LogP contribution in [-0.4, -0.2) is 17.7 Å². The van der Waals surface area contributed by atoms with Crippen LogP contribution in [0, 0.1) is 0 Å². The van der Waals surface area contributed by atoms with Crippen LogP contribution >= 0.6 is 15.9 Å². The Labute approximate surface area is 83.4 Å². The third-order valence-corrected chi connectivity index (χ3v) is 2.21. The van der Waals surface area contributed by atoms with Crippen LogP contribution in [0.15, 0.2) is 22.8 Å². The van der Waals surface area contributed by atoms with E-state index in [1.165, 1.54) is 0 Å². The van der Waals surface area contributed by atoms with Crippen molar-refractivity contribution in [3.63, 3.8) is 0 Å². The summed E-state index contributed by atoms with van der Waals surface area (Å²) in [6.45, 7) is 0.349. The van der Waals surface area contributed by atoms with Crippen LogP contribution in [0.25, 0.3) is 0 Å². The Morgan fingerprint density at radius 1 is 1.62 bits per heavy atom. The molecule has 1 N–H and O–H groups in total. The predicted octanol–water partition coefficient (Wildman–Crippen LogP) is 1.62. The number of amides is 1. The largest absolute Gasteiger partial charge is 0.447 e. The molecule has 1 amide bonds. The van der Waals surface area contributed by atoms with Gasteiger partial charge in [-0.1, -0.05) is 6.07 Å². The van der Waals surface area contributed by atoms with E-state index in [0.29, 0.717) is 6.61 Å². The van der Waals surface area contributed by atoms with Crippen LogP contribution in [0.2, 0.25) is 0 Å². The van der Waals surface area contributed by atoms with Crippen LogP contribution in [-0.2, 0) is 4.74 Å². The van der Waals surface area contributed by atoms with Crippen molar-refractivity contribution in [1.29, 1.82) is 0 Å². The summed E-state index contributed by atoms with van der Waals surface area (Å²) in [4.78, 5) is 15.0. The van der Waals surface area contributed by atoms with Gasteiger partial charge in [-0.3, -0.25) is 0 Å². The zero-order chi connectivity index (χ0) is 9.26. The lowest BCUT2D eigenvalue weighted by Gasteiger charge is -2.05. The number of carbonyl (C=O) groups excluding carboxylic acids is 1. The number of halogens is 1. The number of hydrogen-bond acceptors (Lipinski definition) is 3. The van der Waals surface area contributed by atoms with Gasteiger partial charge >= 0.3 is 6.09 Å². The fourth-order valence-corrected chi connectivity index (χ4v) is 1.52. The summed E-state index contributed by atoms with van der Waals surface area (Å²) in [5, 5.41) is 2.65. The number of rotatable bonds is 1. The Bertz CT molecular complexity index is 343. The molecule has 2 rings (SSSR count). The van der Waals surface area contributed by atoms with Gasteiger partial charge in [0, 0.05) is 0 Å². The minimum Gasteiger partial charge on any atom is -0.447 e. The highest BCUT2D eigenvalue weighted by Crippen LogP contribution is 2.17. The molecular weight excluding hydrogens is 236 g/mol. The maximum Gasteiger partial charge on any atom is 0.407 e. The molecule has 2 heterocycles. The average molecular weight is 243 g/mol. The third-order valence-electron chi connectivity index (χ3n) is 1.77. The number of ether oxygens (including phenoxy) is 1. The Balaban J connectivity index is 2.21. The summed E-state index contributed by atoms with van der Waals surface area (Å²) >= 11 is 3.26. The van der Waals surface area contributed by atoms with E-state index >= 15 is 0 Å². The van der Waals surface area contributed by atoms with Gasteiger partial charge in [-0.25, -0.2) is 9.78 Å². The molecule has 0 spiro atoms. The average Bonchev–Trinajstić information content (AvgIpc) is 2.52. The quantitative estimate of drug-likeness (QED) is 0.762. The summed E-state index contributed by atoms with van der Waals surface area (Å²) in [6.07, 6.45) is -0.383. The maximum absolute atomic E-state index is 10.7. The van der Waals surface area contributed by atoms with Crippen molar-refractivity contribution < 1.29 is 9.53 Å². The SMILES string of the molecule is O=C1N[C@@H](c2cccc(Br)n2)CO1. The van der Waals surface area contributed by atoms with Gasteiger partial charge < -0.3 is 10.1 Å². The standard InChI is InChI=1S/C8H7BrN2O2/c9-7-3-1-2-5(10-7)6-4-13-8(12)11-6/h1-3,6H,4H2,(H,11,12)/t6-/m1/s1. The number of alkyl carbamates (subject to hydrolysis) is 1. The number of carbonyl (C=O) groups is 1. The molecule has 1 aliphatic heterocycles. The normalized spacial score (nSPS) is 21.0. The molecule has 68 valence electrons. The van der Waals surface area contributed by atoms with Gasteiger partial charge in [0.25, 0.3) is 0 Å². The Morgan fingerprint density at radius 2 is 2.46 bits per heavy atom. The number of nitrogens with one attached hydrogen (secondary N) is 1. The second-order valence-electron chi connectivity index (χ2n) is 2.68. The minimum absolute atomic E-state index is 0.120. The number of hydrogen-bond donors (Lipinski definition) is 1. The number of cyclic esters (lactones) is 1. The van der Waals surface area contributed by atoms with Crippen molar-refractivity contribution in [1.82, 2.24) is 10.3 Å². The first-order chi connectivity index (χ1) is 6.25. The molecule has 5 heteroatoms. The second-order valence-corrected chi connectivity index (χ2v) is 3.49. The van der Waals surface area contributed by atoms with E-state index in [0.717, 1.165) is 10.3 Å². The van der Waals surface area contributed by atoms with Crippen LogP contribution in [0.4, 0.5) is 4.79 Å². The van der Waals surface area contributed by atoms with Crippen molar-refractivity contribution >= 4 is 22.0 Å². The Kier molecular flexibility index (Phi) is 2.18. The summed E-state index contributed by atoms with van der Waals surface area (Å²) in [7, 11) is 0. The minimum atomic E-state index is -0.383. The van der Waals surface area contributed by atoms with Crippen molar-refractivity contribution in [2.24, 2.45) is 0 Å². The van der Waals surface area contributed by atoms with Gasteiger partial charge in [-0.05, 0) is 28.1 Å². The molecule has 0 bridgehead atoms. The fraction of sp³-hybridized carbons (Fsp3) is 0.250. The zero-order valence-corrected chi connectivity index (χ0v) is 8.24. The lowest BCUT2D eigenvalue weighted by atomic mass is 10.2. The molecule has 0 saturated carbocycles. The summed E-state index contributed by atoms with van der Waals surface area (Å²) in [6, 6.07) is 5.44. The Morgan fingerprint density at radius 3 is 3.08 bits per heavy atom. The molecule has 1 aromatic rings. The smallest absolute Gasteiger partial charge is 0.407 e. The maximum atomic E-state index is 10.7. The summed E-state index contributed by atoms with van der Waals surface area (Å²) in [5.41, 5.74) is 0.806. The van der Waals surface area contributed by atoms with Crippen LogP contribution in [0.5, 0.6) is 0 Å². The van der Waals surface area contributed by atoms with E-state index in [-0.39, 0.29) is 12.1 Å². The zero-order valence-electron chi connectivity index (χ0n) is 6.66. The Hall–Kier alpha value is -1.10. The van der Waals surface area contributed by atoms with Crippen molar-refractivity contribution in [2.75, 3.05) is 6.61 Å². The molecular formula is C8H7BrN2O2. The van der Waals surface area contributed by atoms with Gasteiger partial charge in [-0.15, -0.1) is 0 Å². The molecule has 0 radical (unpaired) electrons. The first-order valence-electron chi connectivity index (χ1n) is 3.81. The predicted molar refractivity (Wildman–Crippen MR) is 49.2 cm³/mol. The molecule has 1 saturated heterocycles. The second kappa shape index (κ2) is 3.33. The van der Waals surface area contributed by atoms with E-state index in [9.17, 15) is 4.79 Å². The highest BCUT2D eigenvalue weighted by Gasteiger charge is 2.24. The van der Waals surface area contributed by atoms with E-state index in [1.807, 2.05) is 18.2 Å². The lowest BCUT2D eigenvalue weighted by Crippen LogP contribution is -2.19. The third kappa shape index (κ3) is 1.80. The number of nitrogens with zero attached hydrogens (tertiary/aromatic N) is 1. The summed E-state index contributed by atoms with van der Waals surface area (Å²) < 4.78 is 5.51. The van der Waals surface area contributed by atoms with Crippen molar-refractivity contribution in [2.45, 2.75) is 6.04 Å². The van der Waals surface area contributed by atoms with E-state index in [1.54, 1.807) is 0 Å². The monoisotopic (exact) mass is 242 g/mol. The molecule has 0 unspecified atom stereocenters. The van der Waals surface area contributed by atoms with Crippen molar-refractivity contribution in [3.8, 4) is 0 Å². The lowest BCUT2D eigenvalue weighted by molar-refractivity contribution is 0.177. The fourth-order valence-electron chi connectivity index (χ4n) is 1.16. The molecule has 1 atom stereocenters. The van der Waals surface area contributed by atoms with E-state index < -0.39 is 0 Å². The van der Waals surface area contributed by atoms with Crippen LogP contribution in [0.1, 0.15) is 11.7 Å². The van der Waals surface area contributed by atoms with Gasteiger partial charge in [-0.2, -0.15) is 0 Å². The molecule has 0 aromatic carbocycles. The number of pyridine rings is 1. The highest BCUT2D eigenvalue weighted by atomic mass is 79.9. The molecule has 4 nitrogen and oxygen atoms in total. The highest BCUT2D eigenvalue weighted by molar-refractivity contribution is 9.10. The summed E-state index contributed by atoms with van der Waals surface area (Å²) in [5.74, 6) is 0. The van der Waals surface area contributed by atoms with Gasteiger partial charge in [0.15, 0.2) is 0 Å². The van der Waals surface area contributed by atoms with Gasteiger partial charge in [0.1, 0.15) is 17.3 Å². The first kappa shape index (κ1) is 8.50. The molecule has 1 aromatic heterocycles. The van der Waals surface area contributed by atoms with Crippen LogP contribution in [0.3, 0.4) is 0 Å². The molecule has 13 heavy (non-hydrogen) atoms. The first-order valence-corrected chi connectivity index (χ1v) is 4.61. The molecule has 0 aliphatic carbocycles. The van der Waals surface area contributed by atoms with E-state index in [2.05, 4.69) is 26.2 Å². The van der Waals surface area contributed by atoms with Crippen LogP contribution < -0.4 is 5.32 Å². The number of aromatic nitrogens is 1. The van der Waals surface area contributed by atoms with Gasteiger partial charge in [0.2, 0.25) is 0 Å². The van der Waals surface area contributed by atoms with Gasteiger partial charge in [0.05, 0.1) is 5.69 Å². The topological polar surface area (TPSA) is 51.2 Å².